The van der Waals surface area contributed by atoms with Crippen molar-refractivity contribution in [2.75, 3.05) is 17.7 Å². The maximum absolute atomic E-state index is 13.7. The molecule has 0 saturated carbocycles. The van der Waals surface area contributed by atoms with Gasteiger partial charge in [0.2, 0.25) is 0 Å². The summed E-state index contributed by atoms with van der Waals surface area (Å²) in [5.74, 6) is -1.59. The number of hydrogen-bond donors (Lipinski definition) is 2. The van der Waals surface area contributed by atoms with Gasteiger partial charge in [0.1, 0.15) is 0 Å². The SMILES string of the molecule is CNc1nc(Nc2cccc(Cl)c2C)c(F)cc1F. The van der Waals surface area contributed by atoms with Crippen molar-refractivity contribution in [2.45, 2.75) is 6.92 Å². The molecule has 3 nitrogen and oxygen atoms in total. The molecule has 19 heavy (non-hydrogen) atoms. The minimum atomic E-state index is -0.768. The summed E-state index contributed by atoms with van der Waals surface area (Å²) in [5.41, 5.74) is 1.38. The standard InChI is InChI=1S/C13H12ClF2N3/c1-7-8(14)4-3-5-11(7)18-13-10(16)6-9(15)12(17-2)19-13/h3-6H,1-2H3,(H2,17,18,19). The van der Waals surface area contributed by atoms with E-state index in [-0.39, 0.29) is 11.6 Å². The first kappa shape index (κ1) is 13.5. The van der Waals surface area contributed by atoms with Gasteiger partial charge < -0.3 is 10.6 Å². The van der Waals surface area contributed by atoms with Crippen LogP contribution in [0.1, 0.15) is 5.56 Å². The van der Waals surface area contributed by atoms with Gasteiger partial charge in [0.15, 0.2) is 23.3 Å². The highest BCUT2D eigenvalue weighted by Gasteiger charge is 2.12. The molecule has 0 atom stereocenters. The van der Waals surface area contributed by atoms with Crippen LogP contribution in [-0.4, -0.2) is 12.0 Å². The Labute approximate surface area is 114 Å². The molecular weight excluding hydrogens is 272 g/mol. The van der Waals surface area contributed by atoms with E-state index in [2.05, 4.69) is 15.6 Å². The summed E-state index contributed by atoms with van der Waals surface area (Å²) < 4.78 is 27.0. The van der Waals surface area contributed by atoms with Gasteiger partial charge in [0.05, 0.1) is 0 Å². The summed E-state index contributed by atoms with van der Waals surface area (Å²) in [7, 11) is 1.51. The van der Waals surface area contributed by atoms with Gasteiger partial charge in [-0.05, 0) is 24.6 Å². The van der Waals surface area contributed by atoms with Crippen molar-refractivity contribution in [1.82, 2.24) is 4.98 Å². The number of nitrogens with one attached hydrogen (secondary N) is 2. The van der Waals surface area contributed by atoms with Gasteiger partial charge in [-0.25, -0.2) is 13.8 Å². The summed E-state index contributed by atoms with van der Waals surface area (Å²) in [6.07, 6.45) is 0. The van der Waals surface area contributed by atoms with Gasteiger partial charge >= 0.3 is 0 Å². The molecule has 0 radical (unpaired) electrons. The summed E-state index contributed by atoms with van der Waals surface area (Å²) >= 11 is 5.98. The van der Waals surface area contributed by atoms with E-state index in [4.69, 9.17) is 11.6 Å². The number of halogens is 3. The lowest BCUT2D eigenvalue weighted by Crippen LogP contribution is -2.04. The Kier molecular flexibility index (Phi) is 3.85. The minimum Gasteiger partial charge on any atom is -0.371 e. The van der Waals surface area contributed by atoms with Crippen LogP contribution < -0.4 is 10.6 Å². The van der Waals surface area contributed by atoms with E-state index in [0.717, 1.165) is 11.6 Å². The van der Waals surface area contributed by atoms with Crippen molar-refractivity contribution in [1.29, 1.82) is 0 Å². The van der Waals surface area contributed by atoms with Crippen LogP contribution in [0.4, 0.5) is 26.1 Å². The van der Waals surface area contributed by atoms with E-state index in [1.165, 1.54) is 7.05 Å². The van der Waals surface area contributed by atoms with E-state index >= 15 is 0 Å². The fraction of sp³-hybridized carbons (Fsp3) is 0.154. The van der Waals surface area contributed by atoms with E-state index in [1.807, 2.05) is 0 Å². The highest BCUT2D eigenvalue weighted by atomic mass is 35.5. The van der Waals surface area contributed by atoms with Gasteiger partial charge in [-0.15, -0.1) is 0 Å². The van der Waals surface area contributed by atoms with Crippen LogP contribution in [-0.2, 0) is 0 Å². The van der Waals surface area contributed by atoms with Crippen molar-refractivity contribution >= 4 is 28.9 Å². The predicted molar refractivity (Wildman–Crippen MR) is 73.2 cm³/mol. The zero-order chi connectivity index (χ0) is 14.0. The Morgan fingerprint density at radius 2 is 1.84 bits per heavy atom. The molecule has 0 aliphatic heterocycles. The maximum Gasteiger partial charge on any atom is 0.169 e. The van der Waals surface area contributed by atoms with Crippen LogP contribution in [0.25, 0.3) is 0 Å². The topological polar surface area (TPSA) is 37.0 Å². The first-order chi connectivity index (χ1) is 9.02. The molecule has 0 aliphatic rings. The molecule has 0 fully saturated rings. The maximum atomic E-state index is 13.7. The van der Waals surface area contributed by atoms with Crippen LogP contribution in [0.3, 0.4) is 0 Å². The average molecular weight is 284 g/mol. The highest BCUT2D eigenvalue weighted by molar-refractivity contribution is 6.31. The largest absolute Gasteiger partial charge is 0.371 e. The van der Waals surface area contributed by atoms with Gasteiger partial charge in [-0.3, -0.25) is 0 Å². The molecule has 6 heteroatoms. The van der Waals surface area contributed by atoms with Gasteiger partial charge in [0.25, 0.3) is 0 Å². The zero-order valence-electron chi connectivity index (χ0n) is 10.4. The Hall–Kier alpha value is -1.88. The number of benzene rings is 1. The van der Waals surface area contributed by atoms with Crippen LogP contribution in [0, 0.1) is 18.6 Å². The fourth-order valence-corrected chi connectivity index (χ4v) is 1.77. The number of rotatable bonds is 3. The Morgan fingerprint density at radius 3 is 2.53 bits per heavy atom. The molecule has 0 unspecified atom stereocenters. The molecule has 1 aromatic heterocycles. The molecule has 2 rings (SSSR count). The average Bonchev–Trinajstić information content (AvgIpc) is 2.38. The molecule has 0 amide bonds. The monoisotopic (exact) mass is 283 g/mol. The van der Waals surface area contributed by atoms with Gasteiger partial charge in [-0.2, -0.15) is 0 Å². The van der Waals surface area contributed by atoms with Crippen molar-refractivity contribution in [3.8, 4) is 0 Å². The molecule has 0 bridgehead atoms. The molecule has 0 aliphatic carbocycles. The third-order valence-electron chi connectivity index (χ3n) is 2.69. The van der Waals surface area contributed by atoms with Crippen molar-refractivity contribution < 1.29 is 8.78 Å². The van der Waals surface area contributed by atoms with Crippen LogP contribution in [0.5, 0.6) is 0 Å². The smallest absolute Gasteiger partial charge is 0.169 e. The number of pyridine rings is 1. The first-order valence-corrected chi connectivity index (χ1v) is 5.96. The third kappa shape index (κ3) is 2.76. The number of nitrogens with zero attached hydrogens (tertiary/aromatic N) is 1. The molecule has 100 valence electrons. The van der Waals surface area contributed by atoms with Crippen molar-refractivity contribution in [2.24, 2.45) is 0 Å². The number of anilines is 3. The highest BCUT2D eigenvalue weighted by Crippen LogP contribution is 2.27. The van der Waals surface area contributed by atoms with Crippen LogP contribution in [0.15, 0.2) is 24.3 Å². The lowest BCUT2D eigenvalue weighted by atomic mass is 10.2. The number of aromatic nitrogens is 1. The van der Waals surface area contributed by atoms with Gasteiger partial charge in [-0.1, -0.05) is 17.7 Å². The molecule has 0 spiro atoms. The minimum absolute atomic E-state index is 0.0245. The van der Waals surface area contributed by atoms with E-state index in [0.29, 0.717) is 10.7 Å². The van der Waals surface area contributed by atoms with Crippen LogP contribution in [0.2, 0.25) is 5.02 Å². The second-order valence-corrected chi connectivity index (χ2v) is 4.34. The Balaban J connectivity index is 2.41. The second-order valence-electron chi connectivity index (χ2n) is 3.94. The lowest BCUT2D eigenvalue weighted by Gasteiger charge is -2.12. The molecule has 2 aromatic rings. The van der Waals surface area contributed by atoms with Crippen molar-refractivity contribution in [3.63, 3.8) is 0 Å². The Morgan fingerprint density at radius 1 is 1.16 bits per heavy atom. The predicted octanol–water partition coefficient (Wildman–Crippen LogP) is 4.11. The molecule has 0 saturated heterocycles. The third-order valence-corrected chi connectivity index (χ3v) is 3.10. The summed E-state index contributed by atoms with van der Waals surface area (Å²) in [5, 5.41) is 5.92. The van der Waals surface area contributed by atoms with E-state index in [1.54, 1.807) is 25.1 Å². The Bertz CT molecular complexity index is 617. The normalized spacial score (nSPS) is 10.4. The molecular formula is C13H12ClF2N3. The van der Waals surface area contributed by atoms with Gasteiger partial charge in [0, 0.05) is 23.8 Å². The summed E-state index contributed by atoms with van der Waals surface area (Å²) in [4.78, 5) is 3.84. The number of hydrogen-bond acceptors (Lipinski definition) is 3. The lowest BCUT2D eigenvalue weighted by molar-refractivity contribution is 0.580. The molecule has 1 heterocycles. The summed E-state index contributed by atoms with van der Waals surface area (Å²) in [6, 6.07) is 5.99. The summed E-state index contributed by atoms with van der Waals surface area (Å²) in [6.45, 7) is 1.80. The quantitative estimate of drug-likeness (QED) is 0.890. The van der Waals surface area contributed by atoms with Crippen molar-refractivity contribution in [3.05, 3.63) is 46.5 Å². The van der Waals surface area contributed by atoms with E-state index < -0.39 is 11.6 Å². The second kappa shape index (κ2) is 5.40. The molecule has 1 aromatic carbocycles. The first-order valence-electron chi connectivity index (χ1n) is 5.59. The fourth-order valence-electron chi connectivity index (χ4n) is 1.60. The van der Waals surface area contributed by atoms with E-state index in [9.17, 15) is 8.78 Å². The van der Waals surface area contributed by atoms with Crippen LogP contribution >= 0.6 is 11.6 Å². The zero-order valence-corrected chi connectivity index (χ0v) is 11.1. The molecule has 2 N–H and O–H groups in total.